The molecular formula is C14H18N2O4. The maximum atomic E-state index is 12.0. The number of carbonyl (C=O) groups excluding carboxylic acids is 1. The van der Waals surface area contributed by atoms with E-state index >= 15 is 0 Å². The van der Waals surface area contributed by atoms with Crippen LogP contribution in [-0.2, 0) is 9.59 Å². The topological polar surface area (TPSA) is 88.5 Å². The third-order valence-corrected chi connectivity index (χ3v) is 3.45. The second-order valence-corrected chi connectivity index (χ2v) is 4.85. The fourth-order valence-electron chi connectivity index (χ4n) is 2.38. The number of aliphatic carboxylic acids is 1. The van der Waals surface area contributed by atoms with Gasteiger partial charge in [-0.15, -0.1) is 0 Å². The number of pyridine rings is 1. The van der Waals surface area contributed by atoms with Gasteiger partial charge in [0.1, 0.15) is 0 Å². The molecule has 2 N–H and O–H groups in total. The maximum Gasteiger partial charge on any atom is 0.306 e. The summed E-state index contributed by atoms with van der Waals surface area (Å²) in [6.07, 6.45) is 3.13. The van der Waals surface area contributed by atoms with E-state index in [1.165, 1.54) is 6.20 Å². The molecule has 2 atom stereocenters. The zero-order valence-electron chi connectivity index (χ0n) is 11.3. The highest BCUT2D eigenvalue weighted by Gasteiger charge is 2.33. The molecule has 1 saturated carbocycles. The Balaban J connectivity index is 1.90. The van der Waals surface area contributed by atoms with E-state index in [1.54, 1.807) is 12.1 Å². The highest BCUT2D eigenvalue weighted by atomic mass is 16.5. The van der Waals surface area contributed by atoms with Crippen LogP contribution in [0.3, 0.4) is 0 Å². The van der Waals surface area contributed by atoms with Gasteiger partial charge in [0.25, 0.3) is 0 Å². The Kier molecular flexibility index (Phi) is 4.55. The summed E-state index contributed by atoms with van der Waals surface area (Å²) in [4.78, 5) is 27.0. The van der Waals surface area contributed by atoms with Gasteiger partial charge in [0.2, 0.25) is 11.8 Å². The first-order chi connectivity index (χ1) is 9.60. The SMILES string of the molecule is CCOc1ccc(NC(=O)C2CCC(C(=O)O)C2)cn1. The van der Waals surface area contributed by atoms with Crippen LogP contribution in [-0.4, -0.2) is 28.6 Å². The van der Waals surface area contributed by atoms with E-state index in [2.05, 4.69) is 10.3 Å². The quantitative estimate of drug-likeness (QED) is 0.859. The number of aromatic nitrogens is 1. The largest absolute Gasteiger partial charge is 0.481 e. The summed E-state index contributed by atoms with van der Waals surface area (Å²) in [5, 5.41) is 11.7. The molecule has 1 aromatic rings. The minimum Gasteiger partial charge on any atom is -0.481 e. The molecule has 0 saturated heterocycles. The van der Waals surface area contributed by atoms with Crippen molar-refractivity contribution in [2.75, 3.05) is 11.9 Å². The molecule has 1 aromatic heterocycles. The van der Waals surface area contributed by atoms with Crippen LogP contribution in [0.2, 0.25) is 0 Å². The third kappa shape index (κ3) is 3.46. The van der Waals surface area contributed by atoms with Gasteiger partial charge >= 0.3 is 5.97 Å². The molecule has 1 aliphatic rings. The summed E-state index contributed by atoms with van der Waals surface area (Å²) in [5.41, 5.74) is 0.595. The first kappa shape index (κ1) is 14.3. The zero-order chi connectivity index (χ0) is 14.5. The van der Waals surface area contributed by atoms with E-state index in [0.717, 1.165) is 0 Å². The van der Waals surface area contributed by atoms with Crippen molar-refractivity contribution in [1.82, 2.24) is 4.98 Å². The number of amides is 1. The molecule has 1 heterocycles. The lowest BCUT2D eigenvalue weighted by Crippen LogP contribution is -2.21. The van der Waals surface area contributed by atoms with Crippen LogP contribution in [0.15, 0.2) is 18.3 Å². The highest BCUT2D eigenvalue weighted by molar-refractivity contribution is 5.93. The number of nitrogens with zero attached hydrogens (tertiary/aromatic N) is 1. The van der Waals surface area contributed by atoms with Crippen molar-refractivity contribution in [2.45, 2.75) is 26.2 Å². The molecule has 108 valence electrons. The molecule has 0 radical (unpaired) electrons. The number of anilines is 1. The van der Waals surface area contributed by atoms with Gasteiger partial charge in [0.05, 0.1) is 24.4 Å². The van der Waals surface area contributed by atoms with Crippen molar-refractivity contribution in [3.63, 3.8) is 0 Å². The van der Waals surface area contributed by atoms with E-state index in [-0.39, 0.29) is 11.8 Å². The smallest absolute Gasteiger partial charge is 0.306 e. The normalized spacial score (nSPS) is 21.4. The minimum atomic E-state index is -0.817. The van der Waals surface area contributed by atoms with Crippen molar-refractivity contribution in [3.8, 4) is 5.88 Å². The monoisotopic (exact) mass is 278 g/mol. The van der Waals surface area contributed by atoms with E-state index in [4.69, 9.17) is 9.84 Å². The van der Waals surface area contributed by atoms with Crippen molar-refractivity contribution in [1.29, 1.82) is 0 Å². The number of carbonyl (C=O) groups is 2. The Morgan fingerprint density at radius 3 is 2.70 bits per heavy atom. The van der Waals surface area contributed by atoms with Gasteiger partial charge in [-0.2, -0.15) is 0 Å². The van der Waals surface area contributed by atoms with Crippen LogP contribution in [0.4, 0.5) is 5.69 Å². The first-order valence-corrected chi connectivity index (χ1v) is 6.72. The molecular weight excluding hydrogens is 260 g/mol. The Morgan fingerprint density at radius 2 is 2.15 bits per heavy atom. The summed E-state index contributed by atoms with van der Waals surface area (Å²) in [6, 6.07) is 3.41. The molecule has 0 aliphatic heterocycles. The van der Waals surface area contributed by atoms with Crippen LogP contribution in [0.5, 0.6) is 5.88 Å². The molecule has 1 aliphatic carbocycles. The van der Waals surface area contributed by atoms with Gasteiger partial charge in [-0.25, -0.2) is 4.98 Å². The lowest BCUT2D eigenvalue weighted by molar-refractivity contribution is -0.141. The molecule has 0 bridgehead atoms. The van der Waals surface area contributed by atoms with Crippen LogP contribution < -0.4 is 10.1 Å². The van der Waals surface area contributed by atoms with Crippen LogP contribution >= 0.6 is 0 Å². The standard InChI is InChI=1S/C14H18N2O4/c1-2-20-12-6-5-11(8-15-12)16-13(17)9-3-4-10(7-9)14(18)19/h5-6,8-10H,2-4,7H2,1H3,(H,16,17)(H,18,19). The van der Waals surface area contributed by atoms with Gasteiger partial charge in [-0.3, -0.25) is 9.59 Å². The summed E-state index contributed by atoms with van der Waals surface area (Å²) in [6.45, 7) is 2.41. The second-order valence-electron chi connectivity index (χ2n) is 4.85. The van der Waals surface area contributed by atoms with Gasteiger partial charge in [-0.1, -0.05) is 0 Å². The molecule has 20 heavy (non-hydrogen) atoms. The average molecular weight is 278 g/mol. The number of hydrogen-bond donors (Lipinski definition) is 2. The summed E-state index contributed by atoms with van der Waals surface area (Å²) in [5.74, 6) is -1.08. The number of hydrogen-bond acceptors (Lipinski definition) is 4. The predicted octanol–water partition coefficient (Wildman–Crippen LogP) is 1.92. The molecule has 2 rings (SSSR count). The highest BCUT2D eigenvalue weighted by Crippen LogP contribution is 2.31. The molecule has 2 unspecified atom stereocenters. The molecule has 0 aromatic carbocycles. The zero-order valence-corrected chi connectivity index (χ0v) is 11.3. The predicted molar refractivity (Wildman–Crippen MR) is 72.5 cm³/mol. The maximum absolute atomic E-state index is 12.0. The molecule has 6 nitrogen and oxygen atoms in total. The lowest BCUT2D eigenvalue weighted by Gasteiger charge is -2.11. The van der Waals surface area contributed by atoms with E-state index in [0.29, 0.717) is 37.4 Å². The molecule has 1 fully saturated rings. The minimum absolute atomic E-state index is 0.139. The Morgan fingerprint density at radius 1 is 1.40 bits per heavy atom. The first-order valence-electron chi connectivity index (χ1n) is 6.72. The summed E-state index contributed by atoms with van der Waals surface area (Å²) < 4.78 is 5.22. The fraction of sp³-hybridized carbons (Fsp3) is 0.500. The molecule has 6 heteroatoms. The lowest BCUT2D eigenvalue weighted by atomic mass is 10.0. The second kappa shape index (κ2) is 6.36. The fourth-order valence-corrected chi connectivity index (χ4v) is 2.38. The Labute approximate surface area is 117 Å². The summed E-state index contributed by atoms with van der Waals surface area (Å²) in [7, 11) is 0. The van der Waals surface area contributed by atoms with Crippen molar-refractivity contribution in [3.05, 3.63) is 18.3 Å². The number of nitrogens with one attached hydrogen (secondary N) is 1. The molecule has 0 spiro atoms. The summed E-state index contributed by atoms with van der Waals surface area (Å²) >= 11 is 0. The Bertz CT molecular complexity index is 486. The van der Waals surface area contributed by atoms with Crippen LogP contribution in [0.1, 0.15) is 26.2 Å². The number of rotatable bonds is 5. The van der Waals surface area contributed by atoms with Crippen molar-refractivity contribution in [2.24, 2.45) is 11.8 Å². The van der Waals surface area contributed by atoms with E-state index in [9.17, 15) is 9.59 Å². The average Bonchev–Trinajstić information content (AvgIpc) is 2.91. The van der Waals surface area contributed by atoms with Crippen molar-refractivity contribution >= 4 is 17.6 Å². The van der Waals surface area contributed by atoms with E-state index < -0.39 is 11.9 Å². The Hall–Kier alpha value is -2.11. The van der Waals surface area contributed by atoms with Gasteiger partial charge in [-0.05, 0) is 32.3 Å². The number of ether oxygens (including phenoxy) is 1. The van der Waals surface area contributed by atoms with Crippen LogP contribution in [0.25, 0.3) is 0 Å². The van der Waals surface area contributed by atoms with Crippen molar-refractivity contribution < 1.29 is 19.4 Å². The molecule has 1 amide bonds. The van der Waals surface area contributed by atoms with E-state index in [1.807, 2.05) is 6.92 Å². The number of carboxylic acid groups (broad SMARTS) is 1. The van der Waals surface area contributed by atoms with Gasteiger partial charge in [0.15, 0.2) is 0 Å². The van der Waals surface area contributed by atoms with Gasteiger partial charge in [0, 0.05) is 12.0 Å². The van der Waals surface area contributed by atoms with Crippen LogP contribution in [0, 0.1) is 11.8 Å². The third-order valence-electron chi connectivity index (χ3n) is 3.45. The van der Waals surface area contributed by atoms with Gasteiger partial charge < -0.3 is 15.2 Å². The number of carboxylic acids is 1.